The lowest BCUT2D eigenvalue weighted by Crippen LogP contribution is -2.29. The molecule has 0 aliphatic carbocycles. The molecule has 3 aromatic rings. The lowest BCUT2D eigenvalue weighted by Gasteiger charge is -2.19. The van der Waals surface area contributed by atoms with Crippen molar-refractivity contribution in [2.45, 2.75) is 31.2 Å². The first-order valence-electron chi connectivity index (χ1n) is 8.94. The molecule has 0 saturated carbocycles. The predicted molar refractivity (Wildman–Crippen MR) is 113 cm³/mol. The second kappa shape index (κ2) is 8.40. The van der Waals surface area contributed by atoms with Crippen LogP contribution in [-0.2, 0) is 14.8 Å². The molecule has 0 bridgehead atoms. The lowest BCUT2D eigenvalue weighted by atomic mass is 9.96. The van der Waals surface area contributed by atoms with Crippen molar-refractivity contribution in [2.24, 2.45) is 5.41 Å². The van der Waals surface area contributed by atoms with Gasteiger partial charge in [-0.25, -0.2) is 8.42 Å². The fourth-order valence-electron chi connectivity index (χ4n) is 2.48. The number of hydrogen-bond acceptors (Lipinski definition) is 6. The Morgan fingerprint density at radius 3 is 1.93 bits per heavy atom. The summed E-state index contributed by atoms with van der Waals surface area (Å²) in [6.07, 6.45) is 0. The zero-order chi connectivity index (χ0) is 21.1. The van der Waals surface area contributed by atoms with E-state index in [0.717, 1.165) is 22.5 Å². The van der Waals surface area contributed by atoms with Gasteiger partial charge in [-0.2, -0.15) is 4.72 Å². The van der Waals surface area contributed by atoms with E-state index in [9.17, 15) is 13.2 Å². The summed E-state index contributed by atoms with van der Waals surface area (Å²) in [5.41, 5.74) is 0.968. The molecule has 1 heterocycles. The Kier molecular flexibility index (Phi) is 6.11. The van der Waals surface area contributed by atoms with Gasteiger partial charge in [0.05, 0.1) is 6.04 Å². The molecule has 0 spiro atoms. The fraction of sp³-hybridized carbons (Fsp3) is 0.250. The van der Waals surface area contributed by atoms with Gasteiger partial charge in [-0.05, 0) is 11.1 Å². The quantitative estimate of drug-likeness (QED) is 0.582. The maximum absolute atomic E-state index is 13.0. The second-order valence-corrected chi connectivity index (χ2v) is 10.3. The van der Waals surface area contributed by atoms with Crippen molar-refractivity contribution >= 4 is 32.4 Å². The van der Waals surface area contributed by atoms with Crippen LogP contribution >= 0.6 is 11.3 Å². The van der Waals surface area contributed by atoms with Crippen molar-refractivity contribution < 1.29 is 13.2 Å². The molecule has 1 aromatic heterocycles. The molecule has 0 aliphatic rings. The van der Waals surface area contributed by atoms with E-state index in [2.05, 4.69) is 20.2 Å². The van der Waals surface area contributed by atoms with Crippen molar-refractivity contribution in [3.63, 3.8) is 0 Å². The molecule has 9 heteroatoms. The largest absolute Gasteiger partial charge is 0.300 e. The second-order valence-electron chi connectivity index (χ2n) is 7.45. The summed E-state index contributed by atoms with van der Waals surface area (Å²) in [7, 11) is -3.96. The number of amides is 1. The van der Waals surface area contributed by atoms with E-state index in [1.807, 2.05) is 60.7 Å². The van der Waals surface area contributed by atoms with Crippen LogP contribution in [-0.4, -0.2) is 24.5 Å². The first-order chi connectivity index (χ1) is 13.7. The molecule has 1 amide bonds. The van der Waals surface area contributed by atoms with E-state index >= 15 is 0 Å². The Bertz CT molecular complexity index is 1040. The van der Waals surface area contributed by atoms with Crippen LogP contribution < -0.4 is 10.0 Å². The van der Waals surface area contributed by atoms with Gasteiger partial charge in [-0.3, -0.25) is 4.79 Å². The van der Waals surface area contributed by atoms with E-state index < -0.39 is 21.5 Å². The summed E-state index contributed by atoms with van der Waals surface area (Å²) in [6, 6.07) is 18.0. The van der Waals surface area contributed by atoms with Gasteiger partial charge in [0.25, 0.3) is 10.0 Å². The first kappa shape index (κ1) is 21.1. The summed E-state index contributed by atoms with van der Waals surface area (Å²) >= 11 is 0.812. The fourth-order valence-corrected chi connectivity index (χ4v) is 4.60. The van der Waals surface area contributed by atoms with Crippen LogP contribution in [0.1, 0.15) is 37.9 Å². The standard InChI is InChI=1S/C20H22N4O3S2/c1-20(2,3)17(25)21-18-22-23-19(28-18)29(26,27)24-16(14-10-6-4-7-11-14)15-12-8-5-9-13-15/h4-13,16,24H,1-3H3,(H,21,22,25). The summed E-state index contributed by atoms with van der Waals surface area (Å²) in [4.78, 5) is 12.1. The third-order valence-electron chi connectivity index (χ3n) is 4.08. The zero-order valence-electron chi connectivity index (χ0n) is 16.3. The molecule has 152 valence electrons. The summed E-state index contributed by atoms with van der Waals surface area (Å²) < 4.78 is 28.4. The van der Waals surface area contributed by atoms with Crippen molar-refractivity contribution in [1.82, 2.24) is 14.9 Å². The maximum atomic E-state index is 13.0. The molecule has 0 unspecified atom stereocenters. The van der Waals surface area contributed by atoms with Crippen LogP contribution in [0, 0.1) is 5.41 Å². The number of carbonyl (C=O) groups excluding carboxylic acids is 1. The number of anilines is 1. The summed E-state index contributed by atoms with van der Waals surface area (Å²) in [5.74, 6) is -0.267. The van der Waals surface area contributed by atoms with Crippen molar-refractivity contribution in [3.8, 4) is 0 Å². The Labute approximate surface area is 174 Å². The van der Waals surface area contributed by atoms with Crippen molar-refractivity contribution in [1.29, 1.82) is 0 Å². The summed E-state index contributed by atoms with van der Waals surface area (Å²) in [6.45, 7) is 5.27. The third kappa shape index (κ3) is 5.26. The number of nitrogens with zero attached hydrogens (tertiary/aromatic N) is 2. The number of carbonyl (C=O) groups is 1. The lowest BCUT2D eigenvalue weighted by molar-refractivity contribution is -0.123. The SMILES string of the molecule is CC(C)(C)C(=O)Nc1nnc(S(=O)(=O)NC(c2ccccc2)c2ccccc2)s1. The highest BCUT2D eigenvalue weighted by atomic mass is 32.2. The van der Waals surface area contributed by atoms with Crippen LogP contribution in [0.5, 0.6) is 0 Å². The number of aromatic nitrogens is 2. The molecule has 0 atom stereocenters. The van der Waals surface area contributed by atoms with Crippen molar-refractivity contribution in [3.05, 3.63) is 71.8 Å². The van der Waals surface area contributed by atoms with Crippen LogP contribution in [0.15, 0.2) is 65.0 Å². The highest BCUT2D eigenvalue weighted by Gasteiger charge is 2.28. The van der Waals surface area contributed by atoms with Gasteiger partial charge < -0.3 is 5.32 Å². The molecule has 0 saturated heterocycles. The van der Waals surface area contributed by atoms with E-state index in [0.29, 0.717) is 0 Å². The van der Waals surface area contributed by atoms with Gasteiger partial charge in [0.2, 0.25) is 15.4 Å². The van der Waals surface area contributed by atoms with E-state index in [1.54, 1.807) is 20.8 Å². The van der Waals surface area contributed by atoms with Gasteiger partial charge in [0.15, 0.2) is 0 Å². The molecule has 7 nitrogen and oxygen atoms in total. The van der Waals surface area contributed by atoms with Crippen molar-refractivity contribution in [2.75, 3.05) is 5.32 Å². The van der Waals surface area contributed by atoms with E-state index in [4.69, 9.17) is 0 Å². The molecular weight excluding hydrogens is 408 g/mol. The Morgan fingerprint density at radius 2 is 1.45 bits per heavy atom. The number of nitrogens with one attached hydrogen (secondary N) is 2. The number of rotatable bonds is 6. The molecule has 0 aliphatic heterocycles. The maximum Gasteiger partial charge on any atom is 0.270 e. The minimum Gasteiger partial charge on any atom is -0.300 e. The first-order valence-corrected chi connectivity index (χ1v) is 11.2. The number of benzene rings is 2. The Morgan fingerprint density at radius 1 is 0.931 bits per heavy atom. The normalized spacial score (nSPS) is 12.1. The number of sulfonamides is 1. The van der Waals surface area contributed by atoms with Crippen LogP contribution in [0.4, 0.5) is 5.13 Å². The minimum atomic E-state index is -3.96. The van der Waals surface area contributed by atoms with E-state index in [-0.39, 0.29) is 15.4 Å². The van der Waals surface area contributed by atoms with Gasteiger partial charge in [0, 0.05) is 5.41 Å². The van der Waals surface area contributed by atoms with Crippen LogP contribution in [0.2, 0.25) is 0 Å². The summed E-state index contributed by atoms with van der Waals surface area (Å²) in [5, 5.41) is 10.3. The molecule has 29 heavy (non-hydrogen) atoms. The average Bonchev–Trinajstić information content (AvgIpc) is 3.16. The smallest absolute Gasteiger partial charge is 0.270 e. The van der Waals surface area contributed by atoms with Crippen LogP contribution in [0.3, 0.4) is 0 Å². The zero-order valence-corrected chi connectivity index (χ0v) is 17.9. The third-order valence-corrected chi connectivity index (χ3v) is 6.71. The van der Waals surface area contributed by atoms with Crippen LogP contribution in [0.25, 0.3) is 0 Å². The highest BCUT2D eigenvalue weighted by Crippen LogP contribution is 2.27. The Balaban J connectivity index is 1.87. The van der Waals surface area contributed by atoms with Gasteiger partial charge >= 0.3 is 0 Å². The molecule has 2 aromatic carbocycles. The topological polar surface area (TPSA) is 101 Å². The van der Waals surface area contributed by atoms with Gasteiger partial charge in [-0.1, -0.05) is 92.8 Å². The van der Waals surface area contributed by atoms with E-state index in [1.165, 1.54) is 0 Å². The molecular formula is C20H22N4O3S2. The molecule has 2 N–H and O–H groups in total. The highest BCUT2D eigenvalue weighted by molar-refractivity contribution is 7.91. The Hall–Kier alpha value is -2.62. The van der Waals surface area contributed by atoms with Gasteiger partial charge in [0.1, 0.15) is 0 Å². The monoisotopic (exact) mass is 430 g/mol. The predicted octanol–water partition coefficient (Wildman–Crippen LogP) is 3.59. The average molecular weight is 431 g/mol. The molecule has 3 rings (SSSR count). The number of hydrogen-bond donors (Lipinski definition) is 2. The van der Waals surface area contributed by atoms with Gasteiger partial charge in [-0.15, -0.1) is 10.2 Å². The molecule has 0 radical (unpaired) electrons. The molecule has 0 fully saturated rings. The minimum absolute atomic E-state index is 0.140.